The van der Waals surface area contributed by atoms with Gasteiger partial charge in [-0.15, -0.1) is 0 Å². The van der Waals surface area contributed by atoms with Crippen LogP contribution in [0.1, 0.15) is 31.5 Å². The molecule has 0 atom stereocenters. The van der Waals surface area contributed by atoms with Crippen molar-refractivity contribution in [1.29, 1.82) is 0 Å². The molecule has 0 saturated heterocycles. The summed E-state index contributed by atoms with van der Waals surface area (Å²) in [7, 11) is 1.96. The first-order valence-corrected chi connectivity index (χ1v) is 6.13. The van der Waals surface area contributed by atoms with Crippen LogP contribution >= 0.6 is 0 Å². The van der Waals surface area contributed by atoms with E-state index in [2.05, 4.69) is 30.6 Å². The maximum Gasteiger partial charge on any atom is 0.0668 e. The topological polar surface area (TPSA) is 59.6 Å². The van der Waals surface area contributed by atoms with Gasteiger partial charge in [-0.25, -0.2) is 0 Å². The van der Waals surface area contributed by atoms with Crippen LogP contribution in [0.25, 0.3) is 17.0 Å². The molecule has 2 heterocycles. The highest BCUT2D eigenvalue weighted by molar-refractivity contribution is 5.72. The molecule has 0 aromatic carbocycles. The number of nitrogens with one attached hydrogen (secondary N) is 1. The monoisotopic (exact) mass is 246 g/mol. The molecule has 4 nitrogen and oxygen atoms in total. The van der Waals surface area contributed by atoms with E-state index in [-0.39, 0.29) is 0 Å². The average Bonchev–Trinajstić information content (AvgIpc) is 2.87. The van der Waals surface area contributed by atoms with Crippen molar-refractivity contribution in [2.45, 2.75) is 27.2 Å². The zero-order valence-electron chi connectivity index (χ0n) is 11.6. The van der Waals surface area contributed by atoms with Crippen molar-refractivity contribution in [3.8, 4) is 11.3 Å². The highest BCUT2D eigenvalue weighted by Crippen LogP contribution is 2.27. The summed E-state index contributed by atoms with van der Waals surface area (Å²) in [6, 6.07) is 1.94. The molecule has 98 valence electrons. The van der Waals surface area contributed by atoms with Crippen LogP contribution in [-0.2, 0) is 7.05 Å². The first-order valence-electron chi connectivity index (χ1n) is 6.13. The molecule has 0 amide bonds. The van der Waals surface area contributed by atoms with Crippen LogP contribution in [0.5, 0.6) is 0 Å². The molecule has 0 radical (unpaired) electrons. The number of H-pyrrole nitrogens is 1. The summed E-state index contributed by atoms with van der Waals surface area (Å²) in [5.41, 5.74) is 10.5. The van der Waals surface area contributed by atoms with Gasteiger partial charge in [0.2, 0.25) is 0 Å². The lowest BCUT2D eigenvalue weighted by atomic mass is 10.1. The molecule has 0 saturated carbocycles. The standard InChI is InChI=1S/C11H14N4.C3H8/c1-7-9(10-4-5-13-14-10)6-15(3)11(7)8(2)12;1-3-2/h4-6H,2,12H2,1,3H3,(H,13,14);3H2,1-2H3. The Morgan fingerprint density at radius 3 is 2.50 bits per heavy atom. The Balaban J connectivity index is 0.000000492. The summed E-state index contributed by atoms with van der Waals surface area (Å²) < 4.78 is 1.98. The molecule has 0 aliphatic carbocycles. The molecule has 0 aliphatic rings. The predicted octanol–water partition coefficient (Wildman–Crippen LogP) is 3.07. The third kappa shape index (κ3) is 2.83. The highest BCUT2D eigenvalue weighted by atomic mass is 15.1. The molecular formula is C14H22N4. The lowest BCUT2D eigenvalue weighted by Gasteiger charge is -2.03. The van der Waals surface area contributed by atoms with E-state index in [1.807, 2.05) is 30.8 Å². The normalized spacial score (nSPS) is 9.78. The first-order chi connectivity index (χ1) is 8.52. The van der Waals surface area contributed by atoms with E-state index >= 15 is 0 Å². The van der Waals surface area contributed by atoms with Gasteiger partial charge in [-0.05, 0) is 18.6 Å². The largest absolute Gasteiger partial charge is 0.398 e. The number of aromatic amines is 1. The van der Waals surface area contributed by atoms with Gasteiger partial charge in [-0.1, -0.05) is 26.8 Å². The molecule has 0 aliphatic heterocycles. The van der Waals surface area contributed by atoms with Crippen molar-refractivity contribution in [1.82, 2.24) is 14.8 Å². The minimum Gasteiger partial charge on any atom is -0.398 e. The van der Waals surface area contributed by atoms with Crippen LogP contribution < -0.4 is 5.73 Å². The first kappa shape index (κ1) is 14.1. The summed E-state index contributed by atoms with van der Waals surface area (Å²) in [5, 5.41) is 6.88. The lowest BCUT2D eigenvalue weighted by Crippen LogP contribution is -2.01. The fourth-order valence-electron chi connectivity index (χ4n) is 1.89. The SMILES string of the molecule is C=C(N)c1c(C)c(-c2ccn[nH]2)cn1C.CCC. The van der Waals surface area contributed by atoms with E-state index in [9.17, 15) is 0 Å². The van der Waals surface area contributed by atoms with Gasteiger partial charge in [0, 0.05) is 30.7 Å². The number of hydrogen-bond donors (Lipinski definition) is 2. The fraction of sp³-hybridized carbons (Fsp3) is 0.357. The molecule has 2 rings (SSSR count). The molecule has 2 aromatic heterocycles. The zero-order valence-corrected chi connectivity index (χ0v) is 11.6. The van der Waals surface area contributed by atoms with Gasteiger partial charge in [0.25, 0.3) is 0 Å². The lowest BCUT2D eigenvalue weighted by molar-refractivity contribution is 0.902. The van der Waals surface area contributed by atoms with Gasteiger partial charge < -0.3 is 10.3 Å². The second-order valence-corrected chi connectivity index (χ2v) is 4.33. The minimum atomic E-state index is 0.584. The Hall–Kier alpha value is -1.97. The van der Waals surface area contributed by atoms with Gasteiger partial charge in [-0.3, -0.25) is 5.10 Å². The number of hydrogen-bond acceptors (Lipinski definition) is 2. The van der Waals surface area contributed by atoms with E-state index in [0.717, 1.165) is 22.5 Å². The maximum atomic E-state index is 5.74. The smallest absolute Gasteiger partial charge is 0.0668 e. The Morgan fingerprint density at radius 2 is 2.11 bits per heavy atom. The van der Waals surface area contributed by atoms with E-state index in [1.165, 1.54) is 6.42 Å². The fourth-order valence-corrected chi connectivity index (χ4v) is 1.89. The summed E-state index contributed by atoms with van der Waals surface area (Å²) in [4.78, 5) is 0. The predicted molar refractivity (Wildman–Crippen MR) is 76.9 cm³/mol. The minimum absolute atomic E-state index is 0.584. The molecule has 0 unspecified atom stereocenters. The van der Waals surface area contributed by atoms with Crippen molar-refractivity contribution in [3.05, 3.63) is 36.3 Å². The van der Waals surface area contributed by atoms with E-state index in [1.54, 1.807) is 6.20 Å². The average molecular weight is 246 g/mol. The van der Waals surface area contributed by atoms with E-state index in [4.69, 9.17) is 5.73 Å². The Morgan fingerprint density at radius 1 is 1.50 bits per heavy atom. The number of nitrogens with zero attached hydrogens (tertiary/aromatic N) is 2. The summed E-state index contributed by atoms with van der Waals surface area (Å²) >= 11 is 0. The number of nitrogens with two attached hydrogens (primary N) is 1. The zero-order chi connectivity index (χ0) is 13.7. The molecule has 2 aromatic rings. The Bertz CT molecular complexity index is 506. The van der Waals surface area contributed by atoms with Crippen LogP contribution in [0, 0.1) is 6.92 Å². The molecule has 0 fully saturated rings. The third-order valence-electron chi connectivity index (χ3n) is 2.53. The second kappa shape index (κ2) is 6.10. The van der Waals surface area contributed by atoms with Crippen molar-refractivity contribution >= 4 is 5.70 Å². The number of rotatable bonds is 2. The highest BCUT2D eigenvalue weighted by Gasteiger charge is 2.13. The van der Waals surface area contributed by atoms with Crippen LogP contribution in [0.2, 0.25) is 0 Å². The maximum absolute atomic E-state index is 5.74. The summed E-state index contributed by atoms with van der Waals surface area (Å²) in [6.07, 6.45) is 5.01. The third-order valence-corrected chi connectivity index (χ3v) is 2.53. The van der Waals surface area contributed by atoms with Gasteiger partial charge in [0.1, 0.15) is 0 Å². The summed E-state index contributed by atoms with van der Waals surface area (Å²) in [6.45, 7) is 10.1. The quantitative estimate of drug-likeness (QED) is 0.855. The molecule has 18 heavy (non-hydrogen) atoms. The van der Waals surface area contributed by atoms with Crippen LogP contribution in [0.15, 0.2) is 25.0 Å². The van der Waals surface area contributed by atoms with Crippen molar-refractivity contribution in [3.63, 3.8) is 0 Å². The number of aromatic nitrogens is 3. The number of aryl methyl sites for hydroxylation is 1. The van der Waals surface area contributed by atoms with Crippen molar-refractivity contribution in [2.75, 3.05) is 0 Å². The molecule has 0 spiro atoms. The van der Waals surface area contributed by atoms with Gasteiger partial charge in [-0.2, -0.15) is 5.10 Å². The Labute approximate surface area is 109 Å². The molecule has 3 N–H and O–H groups in total. The van der Waals surface area contributed by atoms with Gasteiger partial charge >= 0.3 is 0 Å². The second-order valence-electron chi connectivity index (χ2n) is 4.33. The van der Waals surface area contributed by atoms with Crippen LogP contribution in [0.3, 0.4) is 0 Å². The van der Waals surface area contributed by atoms with Gasteiger partial charge in [0.15, 0.2) is 0 Å². The van der Waals surface area contributed by atoms with Gasteiger partial charge in [0.05, 0.1) is 11.4 Å². The van der Waals surface area contributed by atoms with E-state index < -0.39 is 0 Å². The molecular weight excluding hydrogens is 224 g/mol. The molecule has 4 heteroatoms. The van der Waals surface area contributed by atoms with Crippen molar-refractivity contribution < 1.29 is 0 Å². The Kier molecular flexibility index (Phi) is 4.77. The van der Waals surface area contributed by atoms with Crippen LogP contribution in [0.4, 0.5) is 0 Å². The van der Waals surface area contributed by atoms with Crippen molar-refractivity contribution in [2.24, 2.45) is 12.8 Å². The van der Waals surface area contributed by atoms with Crippen LogP contribution in [-0.4, -0.2) is 14.8 Å². The molecule has 0 bridgehead atoms. The summed E-state index contributed by atoms with van der Waals surface area (Å²) in [5.74, 6) is 0. The van der Waals surface area contributed by atoms with E-state index in [0.29, 0.717) is 5.70 Å².